The predicted octanol–water partition coefficient (Wildman–Crippen LogP) is 3.19. The summed E-state index contributed by atoms with van der Waals surface area (Å²) in [7, 11) is 0. The van der Waals surface area contributed by atoms with Gasteiger partial charge in [-0.15, -0.1) is 10.2 Å². The number of aromatic nitrogens is 6. The number of nitrogens with one attached hydrogen (secondary N) is 1. The minimum atomic E-state index is -0.684. The summed E-state index contributed by atoms with van der Waals surface area (Å²) >= 11 is 0. The van der Waals surface area contributed by atoms with Gasteiger partial charge in [0.1, 0.15) is 11.8 Å². The SMILES string of the molecule is Nc1nnc(-c2ccccc2O)cc1-c1cnn(CC2CCN(CCCn3c(=O)n(C4CCC(=O)NC4=O)c4ccccc43)CC2)c1. The number of imide groups is 1. The molecule has 2 aliphatic rings. The normalized spacial score (nSPS) is 17.7. The molecular weight excluding hydrogens is 598 g/mol. The Balaban J connectivity index is 0.945. The molecule has 5 heterocycles. The van der Waals surface area contributed by atoms with Crippen molar-refractivity contribution in [2.75, 3.05) is 25.4 Å². The molecule has 5 aromatic rings. The van der Waals surface area contributed by atoms with Crippen molar-refractivity contribution in [3.05, 3.63) is 77.5 Å². The Morgan fingerprint density at radius 1 is 0.915 bits per heavy atom. The van der Waals surface area contributed by atoms with Gasteiger partial charge in [-0.3, -0.25) is 28.7 Å². The highest BCUT2D eigenvalue weighted by atomic mass is 16.3. The number of phenolic OH excluding ortho intramolecular Hbond substituents is 1. The summed E-state index contributed by atoms with van der Waals surface area (Å²) in [6, 6.07) is 15.7. The molecule has 0 aliphatic carbocycles. The summed E-state index contributed by atoms with van der Waals surface area (Å²) in [6.45, 7) is 4.16. The number of likely N-dealkylation sites (tertiary alicyclic amines) is 1. The first-order valence-corrected chi connectivity index (χ1v) is 16.1. The molecule has 13 heteroatoms. The molecule has 0 bridgehead atoms. The lowest BCUT2D eigenvalue weighted by Crippen LogP contribution is -2.44. The first-order chi connectivity index (χ1) is 22.9. The molecule has 0 spiro atoms. The Hall–Kier alpha value is -5.30. The van der Waals surface area contributed by atoms with E-state index in [0.717, 1.165) is 62.1 Å². The lowest BCUT2D eigenvalue weighted by molar-refractivity contribution is -0.135. The van der Waals surface area contributed by atoms with E-state index < -0.39 is 11.9 Å². The molecule has 7 rings (SSSR count). The maximum absolute atomic E-state index is 13.5. The molecular formula is C34H37N9O4. The third kappa shape index (κ3) is 6.13. The van der Waals surface area contributed by atoms with E-state index in [1.807, 2.05) is 47.3 Å². The van der Waals surface area contributed by atoms with Crippen LogP contribution in [0.5, 0.6) is 5.75 Å². The minimum Gasteiger partial charge on any atom is -0.507 e. The number of nitrogen functional groups attached to an aromatic ring is 1. The third-order valence-electron chi connectivity index (χ3n) is 9.35. The standard InChI is InChI=1S/C34H37N9O4/c35-32-25(18-26(38-39-32)24-6-1-4-9-30(24)44)23-19-36-41(21-23)20-22-12-16-40(17-13-22)14-5-15-42-27-7-2-3-8-28(27)43(34(42)47)29-10-11-31(45)37-33(29)46/h1-4,6-9,18-19,21-22,29,44H,5,10-17,20H2,(H2,35,39)(H,37,45,46). The minimum absolute atomic E-state index is 0.130. The van der Waals surface area contributed by atoms with Crippen LogP contribution in [0.25, 0.3) is 33.4 Å². The number of amides is 2. The number of aryl methyl sites for hydroxylation is 1. The maximum atomic E-state index is 13.5. The average molecular weight is 636 g/mol. The van der Waals surface area contributed by atoms with Crippen LogP contribution in [-0.2, 0) is 22.7 Å². The van der Waals surface area contributed by atoms with Gasteiger partial charge < -0.3 is 15.7 Å². The number of hydrogen-bond donors (Lipinski definition) is 3. The van der Waals surface area contributed by atoms with Crippen molar-refractivity contribution in [2.45, 2.75) is 51.2 Å². The van der Waals surface area contributed by atoms with Gasteiger partial charge in [-0.2, -0.15) is 5.10 Å². The second-order valence-corrected chi connectivity index (χ2v) is 12.4. The zero-order valence-electron chi connectivity index (χ0n) is 26.0. The van der Waals surface area contributed by atoms with E-state index in [-0.39, 0.29) is 23.8 Å². The number of anilines is 1. The van der Waals surface area contributed by atoms with Gasteiger partial charge in [-0.05, 0) is 81.6 Å². The number of nitrogens with two attached hydrogens (primary N) is 1. The van der Waals surface area contributed by atoms with Crippen LogP contribution in [0.15, 0.2) is 71.8 Å². The fraction of sp³-hybridized carbons (Fsp3) is 0.353. The smallest absolute Gasteiger partial charge is 0.329 e. The number of rotatable bonds is 9. The Kier molecular flexibility index (Phi) is 8.29. The fourth-order valence-corrected chi connectivity index (χ4v) is 6.84. The Morgan fingerprint density at radius 2 is 1.68 bits per heavy atom. The second kappa shape index (κ2) is 12.8. The molecule has 0 radical (unpaired) electrons. The van der Waals surface area contributed by atoms with E-state index in [2.05, 4.69) is 25.5 Å². The first-order valence-electron chi connectivity index (χ1n) is 16.1. The summed E-state index contributed by atoms with van der Waals surface area (Å²) < 4.78 is 5.27. The molecule has 2 amide bonds. The largest absolute Gasteiger partial charge is 0.507 e. The zero-order chi connectivity index (χ0) is 32.5. The quantitative estimate of drug-likeness (QED) is 0.206. The van der Waals surface area contributed by atoms with Crippen molar-refractivity contribution in [1.82, 2.24) is 39.3 Å². The zero-order valence-corrected chi connectivity index (χ0v) is 26.0. The number of para-hydroxylation sites is 3. The van der Waals surface area contributed by atoms with Gasteiger partial charge in [-0.1, -0.05) is 24.3 Å². The van der Waals surface area contributed by atoms with Gasteiger partial charge in [0, 0.05) is 42.4 Å². The molecule has 13 nitrogen and oxygen atoms in total. The molecule has 0 saturated carbocycles. The van der Waals surface area contributed by atoms with Crippen LogP contribution in [-0.4, -0.2) is 70.6 Å². The molecule has 1 atom stereocenters. The maximum Gasteiger partial charge on any atom is 0.329 e. The molecule has 242 valence electrons. The van der Waals surface area contributed by atoms with E-state index >= 15 is 0 Å². The number of aromatic hydroxyl groups is 1. The summed E-state index contributed by atoms with van der Waals surface area (Å²) in [6.07, 6.45) is 7.20. The van der Waals surface area contributed by atoms with Crippen molar-refractivity contribution < 1.29 is 14.7 Å². The van der Waals surface area contributed by atoms with Gasteiger partial charge in [-0.25, -0.2) is 4.79 Å². The van der Waals surface area contributed by atoms with Crippen LogP contribution >= 0.6 is 0 Å². The van der Waals surface area contributed by atoms with Crippen molar-refractivity contribution in [3.8, 4) is 28.1 Å². The van der Waals surface area contributed by atoms with Gasteiger partial charge in [0.25, 0.3) is 0 Å². The number of phenols is 1. The van der Waals surface area contributed by atoms with Crippen LogP contribution in [0, 0.1) is 5.92 Å². The predicted molar refractivity (Wildman–Crippen MR) is 176 cm³/mol. The molecule has 2 aromatic carbocycles. The number of nitrogens with zero attached hydrogens (tertiary/aromatic N) is 7. The highest BCUT2D eigenvalue weighted by Crippen LogP contribution is 2.32. The molecule has 2 aliphatic heterocycles. The van der Waals surface area contributed by atoms with Gasteiger partial charge >= 0.3 is 5.69 Å². The first kappa shape index (κ1) is 30.4. The third-order valence-corrected chi connectivity index (χ3v) is 9.35. The molecule has 4 N–H and O–H groups in total. The van der Waals surface area contributed by atoms with Crippen LogP contribution < -0.4 is 16.7 Å². The van der Waals surface area contributed by atoms with Crippen molar-refractivity contribution in [1.29, 1.82) is 0 Å². The van der Waals surface area contributed by atoms with Crippen molar-refractivity contribution >= 4 is 28.7 Å². The number of benzene rings is 2. The molecule has 2 fully saturated rings. The van der Waals surface area contributed by atoms with Crippen molar-refractivity contribution in [2.24, 2.45) is 5.92 Å². The second-order valence-electron chi connectivity index (χ2n) is 12.4. The summed E-state index contributed by atoms with van der Waals surface area (Å²) in [4.78, 5) is 40.3. The lowest BCUT2D eigenvalue weighted by atomic mass is 9.96. The molecule has 3 aromatic heterocycles. The molecule has 1 unspecified atom stereocenters. The number of carbonyl (C=O) groups is 2. The summed E-state index contributed by atoms with van der Waals surface area (Å²) in [5.41, 5.74) is 10.2. The number of hydrogen-bond acceptors (Lipinski definition) is 9. The highest BCUT2D eigenvalue weighted by Gasteiger charge is 2.31. The van der Waals surface area contributed by atoms with Crippen LogP contribution in [0.4, 0.5) is 5.82 Å². The van der Waals surface area contributed by atoms with Gasteiger partial charge in [0.15, 0.2) is 5.82 Å². The van der Waals surface area contributed by atoms with E-state index in [1.165, 1.54) is 0 Å². The lowest BCUT2D eigenvalue weighted by Gasteiger charge is -2.31. The number of fused-ring (bicyclic) bond motifs is 1. The monoisotopic (exact) mass is 635 g/mol. The van der Waals surface area contributed by atoms with Crippen LogP contribution in [0.1, 0.15) is 38.1 Å². The summed E-state index contributed by atoms with van der Waals surface area (Å²) in [5.74, 6) is 0.204. The van der Waals surface area contributed by atoms with E-state index in [0.29, 0.717) is 41.5 Å². The van der Waals surface area contributed by atoms with Gasteiger partial charge in [0.05, 0.1) is 22.9 Å². The van der Waals surface area contributed by atoms with Gasteiger partial charge in [0.2, 0.25) is 11.8 Å². The number of carbonyl (C=O) groups excluding carboxylic acids is 2. The fourth-order valence-electron chi connectivity index (χ4n) is 6.84. The topological polar surface area (TPSA) is 166 Å². The number of piperidine rings is 2. The molecule has 2 saturated heterocycles. The average Bonchev–Trinajstić information content (AvgIpc) is 3.64. The number of imidazole rings is 1. The van der Waals surface area contributed by atoms with Crippen LogP contribution in [0.3, 0.4) is 0 Å². The Labute approximate surface area is 270 Å². The van der Waals surface area contributed by atoms with E-state index in [1.54, 1.807) is 33.5 Å². The summed E-state index contributed by atoms with van der Waals surface area (Å²) in [5, 5.41) is 25.5. The Morgan fingerprint density at radius 3 is 2.47 bits per heavy atom. The van der Waals surface area contributed by atoms with Crippen LogP contribution in [0.2, 0.25) is 0 Å². The van der Waals surface area contributed by atoms with Crippen molar-refractivity contribution in [3.63, 3.8) is 0 Å². The Bertz CT molecular complexity index is 2000. The van der Waals surface area contributed by atoms with E-state index in [9.17, 15) is 19.5 Å². The highest BCUT2D eigenvalue weighted by molar-refractivity contribution is 6.00. The molecule has 47 heavy (non-hydrogen) atoms. The van der Waals surface area contributed by atoms with E-state index in [4.69, 9.17) is 5.73 Å².